The highest BCUT2D eigenvalue weighted by Crippen LogP contribution is 2.27. The molecule has 0 saturated carbocycles. The van der Waals surface area contributed by atoms with Crippen molar-refractivity contribution >= 4 is 11.6 Å². The van der Waals surface area contributed by atoms with Gasteiger partial charge in [-0.1, -0.05) is 29.8 Å². The van der Waals surface area contributed by atoms with E-state index in [4.69, 9.17) is 21.1 Å². The average Bonchev–Trinajstić information content (AvgIpc) is 2.92. The van der Waals surface area contributed by atoms with Gasteiger partial charge in [-0.25, -0.2) is 0 Å². The number of benzene rings is 1. The molecule has 2 rings (SSSR count). The first-order valence-corrected chi connectivity index (χ1v) is 7.18. The second-order valence-electron chi connectivity index (χ2n) is 5.10. The van der Waals surface area contributed by atoms with Gasteiger partial charge in [0.2, 0.25) is 0 Å². The van der Waals surface area contributed by atoms with Gasteiger partial charge in [-0.15, -0.1) is 0 Å². The highest BCUT2D eigenvalue weighted by Gasteiger charge is 2.23. The van der Waals surface area contributed by atoms with Crippen molar-refractivity contribution < 1.29 is 9.47 Å². The number of nitrogens with one attached hydrogen (secondary N) is 1. The molecule has 1 aromatic rings. The molecule has 1 fully saturated rings. The van der Waals surface area contributed by atoms with E-state index in [1.54, 1.807) is 7.11 Å². The molecule has 19 heavy (non-hydrogen) atoms. The second kappa shape index (κ2) is 7.25. The summed E-state index contributed by atoms with van der Waals surface area (Å²) in [4.78, 5) is 0. The minimum atomic E-state index is -0.0315. The molecule has 0 aliphatic carbocycles. The second-order valence-corrected chi connectivity index (χ2v) is 5.51. The van der Waals surface area contributed by atoms with Crippen LogP contribution in [-0.2, 0) is 9.47 Å². The number of methoxy groups -OCH3 is 1. The Labute approximate surface area is 120 Å². The van der Waals surface area contributed by atoms with Crippen molar-refractivity contribution in [1.29, 1.82) is 0 Å². The van der Waals surface area contributed by atoms with Gasteiger partial charge in [0.25, 0.3) is 0 Å². The molecule has 1 aliphatic heterocycles. The van der Waals surface area contributed by atoms with E-state index in [-0.39, 0.29) is 12.1 Å². The van der Waals surface area contributed by atoms with E-state index < -0.39 is 0 Å². The molecule has 0 bridgehead atoms. The lowest BCUT2D eigenvalue weighted by molar-refractivity contribution is 0.0717. The predicted molar refractivity (Wildman–Crippen MR) is 77.6 cm³/mol. The lowest BCUT2D eigenvalue weighted by Gasteiger charge is -2.26. The van der Waals surface area contributed by atoms with Gasteiger partial charge in [0, 0.05) is 36.9 Å². The molecular weight excluding hydrogens is 262 g/mol. The summed E-state index contributed by atoms with van der Waals surface area (Å²) < 4.78 is 11.0. The van der Waals surface area contributed by atoms with Crippen LogP contribution in [0.25, 0.3) is 0 Å². The summed E-state index contributed by atoms with van der Waals surface area (Å²) in [6, 6.07) is 8.07. The molecule has 1 aliphatic rings. The number of ether oxygens (including phenoxy) is 2. The van der Waals surface area contributed by atoms with Gasteiger partial charge in [-0.2, -0.15) is 0 Å². The number of hydrogen-bond donors (Lipinski definition) is 1. The van der Waals surface area contributed by atoms with E-state index >= 15 is 0 Å². The molecule has 0 aromatic heterocycles. The highest BCUT2D eigenvalue weighted by atomic mass is 35.5. The third kappa shape index (κ3) is 3.93. The van der Waals surface area contributed by atoms with Crippen LogP contribution >= 0.6 is 11.6 Å². The molecule has 0 radical (unpaired) electrons. The van der Waals surface area contributed by atoms with E-state index in [0.717, 1.165) is 36.8 Å². The summed E-state index contributed by atoms with van der Waals surface area (Å²) in [6.45, 7) is 4.85. The number of hydrogen-bond acceptors (Lipinski definition) is 3. The van der Waals surface area contributed by atoms with Crippen LogP contribution in [0, 0.1) is 5.92 Å². The van der Waals surface area contributed by atoms with Crippen molar-refractivity contribution in [2.75, 3.05) is 26.9 Å². The molecule has 1 N–H and O–H groups in total. The lowest BCUT2D eigenvalue weighted by atomic mass is 10.0. The van der Waals surface area contributed by atoms with Crippen LogP contribution in [0.2, 0.25) is 5.02 Å². The quantitative estimate of drug-likeness (QED) is 0.870. The molecule has 4 heteroatoms. The summed E-state index contributed by atoms with van der Waals surface area (Å²) in [6.07, 6.45) is 1.11. The molecule has 3 nitrogen and oxygen atoms in total. The van der Waals surface area contributed by atoms with E-state index in [1.165, 1.54) is 0 Å². The third-order valence-electron chi connectivity index (χ3n) is 3.67. The molecule has 106 valence electrons. The first-order valence-electron chi connectivity index (χ1n) is 6.80. The Kier molecular flexibility index (Phi) is 5.64. The predicted octanol–water partition coefficient (Wildman–Crippen LogP) is 3.04. The molecule has 1 aromatic carbocycles. The zero-order valence-corrected chi connectivity index (χ0v) is 12.3. The summed E-state index contributed by atoms with van der Waals surface area (Å²) in [5, 5.41) is 4.29. The van der Waals surface area contributed by atoms with E-state index in [0.29, 0.717) is 5.92 Å². The normalized spacial score (nSPS) is 22.4. The lowest BCUT2D eigenvalue weighted by Crippen LogP contribution is -2.36. The zero-order chi connectivity index (χ0) is 13.7. The van der Waals surface area contributed by atoms with Crippen molar-refractivity contribution in [1.82, 2.24) is 5.32 Å². The van der Waals surface area contributed by atoms with E-state index in [9.17, 15) is 0 Å². The molecule has 1 saturated heterocycles. The van der Waals surface area contributed by atoms with Crippen LogP contribution < -0.4 is 5.32 Å². The SMILES string of the molecule is COC(c1ccccc1Cl)C(C)NCC1CCOC1. The Morgan fingerprint density at radius 1 is 1.47 bits per heavy atom. The van der Waals surface area contributed by atoms with Gasteiger partial charge < -0.3 is 14.8 Å². The van der Waals surface area contributed by atoms with Crippen LogP contribution in [0.3, 0.4) is 0 Å². The standard InChI is InChI=1S/C15H22ClNO2/c1-11(17-9-12-7-8-19-10-12)15(18-2)13-5-3-4-6-14(13)16/h3-6,11-12,15,17H,7-10H2,1-2H3. The van der Waals surface area contributed by atoms with Crippen LogP contribution in [0.1, 0.15) is 25.0 Å². The van der Waals surface area contributed by atoms with Crippen molar-refractivity contribution in [3.63, 3.8) is 0 Å². The van der Waals surface area contributed by atoms with Gasteiger partial charge in [0.15, 0.2) is 0 Å². The van der Waals surface area contributed by atoms with Gasteiger partial charge in [-0.3, -0.25) is 0 Å². The fraction of sp³-hybridized carbons (Fsp3) is 0.600. The van der Waals surface area contributed by atoms with Crippen LogP contribution in [0.15, 0.2) is 24.3 Å². The zero-order valence-electron chi connectivity index (χ0n) is 11.6. The monoisotopic (exact) mass is 283 g/mol. The molecule has 3 unspecified atom stereocenters. The maximum Gasteiger partial charge on any atom is 0.0985 e. The van der Waals surface area contributed by atoms with Crippen molar-refractivity contribution in [3.05, 3.63) is 34.9 Å². The average molecular weight is 284 g/mol. The fourth-order valence-electron chi connectivity index (χ4n) is 2.51. The number of halogens is 1. The largest absolute Gasteiger partial charge is 0.381 e. The van der Waals surface area contributed by atoms with Crippen molar-refractivity contribution in [2.45, 2.75) is 25.5 Å². The highest BCUT2D eigenvalue weighted by molar-refractivity contribution is 6.31. The Morgan fingerprint density at radius 3 is 2.89 bits per heavy atom. The Bertz CT molecular complexity index is 393. The molecule has 1 heterocycles. The van der Waals surface area contributed by atoms with Gasteiger partial charge >= 0.3 is 0 Å². The molecule has 0 amide bonds. The fourth-order valence-corrected chi connectivity index (χ4v) is 2.75. The van der Waals surface area contributed by atoms with Crippen LogP contribution in [0.4, 0.5) is 0 Å². The van der Waals surface area contributed by atoms with Gasteiger partial charge in [0.1, 0.15) is 0 Å². The third-order valence-corrected chi connectivity index (χ3v) is 4.02. The summed E-state index contributed by atoms with van der Waals surface area (Å²) in [5.74, 6) is 0.617. The smallest absolute Gasteiger partial charge is 0.0985 e. The molecular formula is C15H22ClNO2. The molecule has 0 spiro atoms. The molecule has 3 atom stereocenters. The van der Waals surface area contributed by atoms with Crippen LogP contribution in [-0.4, -0.2) is 32.9 Å². The first-order chi connectivity index (χ1) is 9.22. The Hall–Kier alpha value is -0.610. The minimum Gasteiger partial charge on any atom is -0.381 e. The van der Waals surface area contributed by atoms with Gasteiger partial charge in [-0.05, 0) is 25.3 Å². The van der Waals surface area contributed by atoms with Gasteiger partial charge in [0.05, 0.1) is 12.7 Å². The van der Waals surface area contributed by atoms with Crippen LogP contribution in [0.5, 0.6) is 0 Å². The summed E-state index contributed by atoms with van der Waals surface area (Å²) in [7, 11) is 1.73. The number of rotatable bonds is 6. The Morgan fingerprint density at radius 2 is 2.26 bits per heavy atom. The van der Waals surface area contributed by atoms with Crippen molar-refractivity contribution in [2.24, 2.45) is 5.92 Å². The maximum absolute atomic E-state index is 6.24. The van der Waals surface area contributed by atoms with E-state index in [2.05, 4.69) is 12.2 Å². The van der Waals surface area contributed by atoms with E-state index in [1.807, 2.05) is 24.3 Å². The minimum absolute atomic E-state index is 0.0315. The topological polar surface area (TPSA) is 30.5 Å². The Balaban J connectivity index is 1.94. The van der Waals surface area contributed by atoms with Crippen molar-refractivity contribution in [3.8, 4) is 0 Å². The summed E-state index contributed by atoms with van der Waals surface area (Å²) in [5.41, 5.74) is 1.04. The summed E-state index contributed by atoms with van der Waals surface area (Å²) >= 11 is 6.24. The maximum atomic E-state index is 6.24. The first kappa shape index (κ1) is 14.8.